The molecule has 2 nitrogen and oxygen atoms in total. The predicted molar refractivity (Wildman–Crippen MR) is 72.7 cm³/mol. The zero-order valence-corrected chi connectivity index (χ0v) is 12.4. The van der Waals surface area contributed by atoms with Crippen molar-refractivity contribution < 1.29 is 17.9 Å². The Kier molecular flexibility index (Phi) is 5.95. The van der Waals surface area contributed by atoms with Gasteiger partial charge in [-0.3, -0.25) is 0 Å². The molecule has 1 heterocycles. The summed E-state index contributed by atoms with van der Waals surface area (Å²) >= 11 is 3.21. The van der Waals surface area contributed by atoms with Crippen LogP contribution in [0.5, 0.6) is 5.75 Å². The lowest BCUT2D eigenvalue weighted by Gasteiger charge is -2.24. The predicted octanol–water partition coefficient (Wildman–Crippen LogP) is 4.58. The Morgan fingerprint density at radius 2 is 1.95 bits per heavy atom. The molecule has 108 valence electrons. The fraction of sp³-hybridized carbons (Fsp3) is 0.500. The van der Waals surface area contributed by atoms with Crippen LogP contribution >= 0.6 is 28.3 Å². The van der Waals surface area contributed by atoms with Gasteiger partial charge in [-0.25, -0.2) is 0 Å². The van der Waals surface area contributed by atoms with Crippen LogP contribution in [0.1, 0.15) is 30.9 Å². The van der Waals surface area contributed by atoms with Crippen LogP contribution in [0.4, 0.5) is 13.2 Å². The molecule has 1 aromatic carbocycles. The molecule has 0 aromatic heterocycles. The number of ether oxygens (including phenoxy) is 1. The van der Waals surface area contributed by atoms with E-state index in [0.717, 1.165) is 31.4 Å². The third-order valence-electron chi connectivity index (χ3n) is 2.84. The summed E-state index contributed by atoms with van der Waals surface area (Å²) in [5.74, 6) is -0.181. The Hall–Kier alpha value is -0.460. The molecule has 1 atom stereocenters. The molecular weight excluding hydrogens is 346 g/mol. The molecule has 1 aromatic rings. The molecule has 7 heteroatoms. The molecule has 1 N–H and O–H groups in total. The van der Waals surface area contributed by atoms with E-state index in [2.05, 4.69) is 26.0 Å². The third kappa shape index (κ3) is 5.20. The minimum Gasteiger partial charge on any atom is -0.406 e. The minimum absolute atomic E-state index is 0. The van der Waals surface area contributed by atoms with Crippen LogP contribution in [0.2, 0.25) is 0 Å². The van der Waals surface area contributed by atoms with E-state index < -0.39 is 6.36 Å². The van der Waals surface area contributed by atoms with E-state index >= 15 is 0 Å². The lowest BCUT2D eigenvalue weighted by Crippen LogP contribution is -2.27. The highest BCUT2D eigenvalue weighted by atomic mass is 79.9. The summed E-state index contributed by atoms with van der Waals surface area (Å²) in [6, 6.07) is 4.69. The van der Waals surface area contributed by atoms with Crippen molar-refractivity contribution >= 4 is 28.3 Å². The van der Waals surface area contributed by atoms with Gasteiger partial charge >= 0.3 is 6.36 Å². The lowest BCUT2D eigenvalue weighted by atomic mass is 9.97. The molecule has 2 rings (SSSR count). The zero-order chi connectivity index (χ0) is 13.2. The second-order valence-electron chi connectivity index (χ2n) is 4.27. The monoisotopic (exact) mass is 359 g/mol. The van der Waals surface area contributed by atoms with Crippen molar-refractivity contribution in [3.05, 3.63) is 28.2 Å². The van der Waals surface area contributed by atoms with E-state index in [1.165, 1.54) is 12.1 Å². The van der Waals surface area contributed by atoms with Gasteiger partial charge in [0.2, 0.25) is 0 Å². The smallest absolute Gasteiger partial charge is 0.406 e. The number of hydrogen-bond acceptors (Lipinski definition) is 2. The van der Waals surface area contributed by atoms with Crippen LogP contribution in [0.15, 0.2) is 22.7 Å². The van der Waals surface area contributed by atoms with Gasteiger partial charge < -0.3 is 10.1 Å². The quantitative estimate of drug-likeness (QED) is 0.833. The maximum Gasteiger partial charge on any atom is 0.573 e. The van der Waals surface area contributed by atoms with Crippen LogP contribution in [0, 0.1) is 0 Å². The average molecular weight is 361 g/mol. The molecule has 0 radical (unpaired) electrons. The highest BCUT2D eigenvalue weighted by Gasteiger charge is 2.31. The molecule has 1 saturated heterocycles. The van der Waals surface area contributed by atoms with Gasteiger partial charge in [-0.05, 0) is 43.1 Å². The Bertz CT molecular complexity index is 422. The van der Waals surface area contributed by atoms with Gasteiger partial charge in [0.05, 0.1) is 0 Å². The van der Waals surface area contributed by atoms with Gasteiger partial charge in [-0.15, -0.1) is 25.6 Å². The van der Waals surface area contributed by atoms with Crippen LogP contribution < -0.4 is 10.1 Å². The largest absolute Gasteiger partial charge is 0.573 e. The topological polar surface area (TPSA) is 21.3 Å². The number of piperidine rings is 1. The Morgan fingerprint density at radius 3 is 2.53 bits per heavy atom. The van der Waals surface area contributed by atoms with Crippen molar-refractivity contribution in [3.8, 4) is 5.75 Å². The van der Waals surface area contributed by atoms with Crippen molar-refractivity contribution in [2.24, 2.45) is 0 Å². The molecule has 0 saturated carbocycles. The van der Waals surface area contributed by atoms with Crippen molar-refractivity contribution in [1.29, 1.82) is 0 Å². The SMILES string of the molecule is Cl.FC(F)(F)Oc1cc(Br)cc([C@H]2CCCCN2)c1. The molecule has 0 amide bonds. The maximum atomic E-state index is 12.2. The number of hydrogen-bond donors (Lipinski definition) is 1. The summed E-state index contributed by atoms with van der Waals surface area (Å²) in [5.41, 5.74) is 0.823. The van der Waals surface area contributed by atoms with Crippen LogP contribution in [0.25, 0.3) is 0 Å². The van der Waals surface area contributed by atoms with E-state index in [0.29, 0.717) is 4.47 Å². The number of nitrogens with one attached hydrogen (secondary N) is 1. The minimum atomic E-state index is -4.65. The molecule has 0 unspecified atom stereocenters. The lowest BCUT2D eigenvalue weighted by molar-refractivity contribution is -0.274. The van der Waals surface area contributed by atoms with Gasteiger partial charge in [-0.1, -0.05) is 22.4 Å². The summed E-state index contributed by atoms with van der Waals surface area (Å²) < 4.78 is 41.1. The summed E-state index contributed by atoms with van der Waals surface area (Å²) in [5, 5.41) is 3.30. The fourth-order valence-electron chi connectivity index (χ4n) is 2.11. The van der Waals surface area contributed by atoms with E-state index in [1.807, 2.05) is 6.07 Å². The first-order chi connectivity index (χ1) is 8.44. The molecule has 1 fully saturated rings. The normalized spacial score (nSPS) is 19.7. The standard InChI is InChI=1S/C12H13BrF3NO.ClH/c13-9-5-8(11-3-1-2-4-17-11)6-10(7-9)18-12(14,15)16;/h5-7,11,17H,1-4H2;1H/t11-;/m1./s1. The fourth-order valence-corrected chi connectivity index (χ4v) is 2.60. The highest BCUT2D eigenvalue weighted by molar-refractivity contribution is 9.10. The van der Waals surface area contributed by atoms with Gasteiger partial charge in [0.25, 0.3) is 0 Å². The van der Waals surface area contributed by atoms with Crippen molar-refractivity contribution in [3.63, 3.8) is 0 Å². The average Bonchev–Trinajstić information content (AvgIpc) is 2.27. The zero-order valence-electron chi connectivity index (χ0n) is 9.97. The van der Waals surface area contributed by atoms with Crippen LogP contribution in [-0.4, -0.2) is 12.9 Å². The maximum absolute atomic E-state index is 12.2. The Labute approximate surface area is 124 Å². The summed E-state index contributed by atoms with van der Waals surface area (Å²) in [6.45, 7) is 0.895. The summed E-state index contributed by atoms with van der Waals surface area (Å²) in [7, 11) is 0. The van der Waals surface area contributed by atoms with E-state index in [1.54, 1.807) is 0 Å². The summed E-state index contributed by atoms with van der Waals surface area (Å²) in [4.78, 5) is 0. The molecule has 1 aliphatic rings. The van der Waals surface area contributed by atoms with E-state index in [9.17, 15) is 13.2 Å². The third-order valence-corrected chi connectivity index (χ3v) is 3.30. The second kappa shape index (κ2) is 6.81. The molecule has 0 spiro atoms. The molecule has 0 bridgehead atoms. The van der Waals surface area contributed by atoms with Crippen LogP contribution in [0.3, 0.4) is 0 Å². The van der Waals surface area contributed by atoms with Crippen molar-refractivity contribution in [2.45, 2.75) is 31.7 Å². The van der Waals surface area contributed by atoms with Gasteiger partial charge in [0, 0.05) is 10.5 Å². The first-order valence-electron chi connectivity index (χ1n) is 5.74. The molecular formula is C12H14BrClF3NO. The number of benzene rings is 1. The number of alkyl halides is 3. The van der Waals surface area contributed by atoms with Gasteiger partial charge in [-0.2, -0.15) is 0 Å². The summed E-state index contributed by atoms with van der Waals surface area (Å²) in [6.07, 6.45) is -1.53. The molecule has 0 aliphatic carbocycles. The van der Waals surface area contributed by atoms with Gasteiger partial charge in [0.15, 0.2) is 0 Å². The Morgan fingerprint density at radius 1 is 1.21 bits per heavy atom. The highest BCUT2D eigenvalue weighted by Crippen LogP contribution is 2.31. The Balaban J connectivity index is 0.00000180. The molecule has 19 heavy (non-hydrogen) atoms. The van der Waals surface area contributed by atoms with E-state index in [-0.39, 0.29) is 24.2 Å². The van der Waals surface area contributed by atoms with Crippen molar-refractivity contribution in [1.82, 2.24) is 5.32 Å². The number of halogens is 5. The first-order valence-corrected chi connectivity index (χ1v) is 6.53. The van der Waals surface area contributed by atoms with E-state index in [4.69, 9.17) is 0 Å². The number of rotatable bonds is 2. The van der Waals surface area contributed by atoms with Crippen molar-refractivity contribution in [2.75, 3.05) is 6.54 Å². The first kappa shape index (κ1) is 16.6. The molecule has 1 aliphatic heterocycles. The van der Waals surface area contributed by atoms with Gasteiger partial charge in [0.1, 0.15) is 5.75 Å². The van der Waals surface area contributed by atoms with Crippen LogP contribution in [-0.2, 0) is 0 Å². The second-order valence-corrected chi connectivity index (χ2v) is 5.19.